The van der Waals surface area contributed by atoms with E-state index in [-0.39, 0.29) is 5.43 Å². The van der Waals surface area contributed by atoms with Crippen LogP contribution in [0.3, 0.4) is 0 Å². The van der Waals surface area contributed by atoms with Crippen molar-refractivity contribution < 1.29 is 13.9 Å². The zero-order valence-corrected chi connectivity index (χ0v) is 17.3. The maximum atomic E-state index is 13.1. The van der Waals surface area contributed by atoms with Crippen LogP contribution >= 0.6 is 0 Å². The maximum Gasteiger partial charge on any atom is 0.200 e. The molecular weight excluding hydrogens is 390 g/mol. The topological polar surface area (TPSA) is 51.9 Å². The van der Waals surface area contributed by atoms with Crippen molar-refractivity contribution in [2.45, 2.75) is 13.0 Å². The third kappa shape index (κ3) is 3.80. The third-order valence-electron chi connectivity index (χ3n) is 5.75. The van der Waals surface area contributed by atoms with Crippen LogP contribution in [0.2, 0.25) is 0 Å². The molecule has 0 radical (unpaired) electrons. The van der Waals surface area contributed by atoms with Gasteiger partial charge in [-0.2, -0.15) is 0 Å². The molecule has 31 heavy (non-hydrogen) atoms. The molecule has 1 aromatic heterocycles. The lowest BCUT2D eigenvalue weighted by Crippen LogP contribution is -2.33. The lowest BCUT2D eigenvalue weighted by Gasteiger charge is -2.29. The van der Waals surface area contributed by atoms with Crippen LogP contribution in [0, 0.1) is 0 Å². The summed E-state index contributed by atoms with van der Waals surface area (Å²) in [6.07, 6.45) is 2.46. The number of ether oxygens (including phenoxy) is 2. The van der Waals surface area contributed by atoms with Crippen molar-refractivity contribution in [3.63, 3.8) is 0 Å². The van der Waals surface area contributed by atoms with E-state index in [2.05, 4.69) is 17.0 Å². The highest BCUT2D eigenvalue weighted by Gasteiger charge is 2.22. The number of hydrogen-bond acceptors (Lipinski definition) is 5. The van der Waals surface area contributed by atoms with Crippen LogP contribution in [0.25, 0.3) is 22.1 Å². The quantitative estimate of drug-likeness (QED) is 0.468. The minimum Gasteiger partial charge on any atom is -0.497 e. The number of rotatable bonds is 5. The van der Waals surface area contributed by atoms with E-state index in [0.717, 1.165) is 35.6 Å². The Kier molecular flexibility index (Phi) is 5.18. The van der Waals surface area contributed by atoms with Crippen LogP contribution in [0.4, 0.5) is 0 Å². The van der Waals surface area contributed by atoms with Gasteiger partial charge < -0.3 is 13.9 Å². The summed E-state index contributed by atoms with van der Waals surface area (Å²) in [5.41, 5.74) is 4.18. The first-order chi connectivity index (χ1) is 15.2. The molecule has 3 aromatic carbocycles. The van der Waals surface area contributed by atoms with Gasteiger partial charge in [0.2, 0.25) is 5.43 Å². The van der Waals surface area contributed by atoms with Crippen molar-refractivity contribution in [3.8, 4) is 22.6 Å². The molecule has 156 valence electrons. The molecule has 0 saturated carbocycles. The van der Waals surface area contributed by atoms with Crippen molar-refractivity contribution in [2.24, 2.45) is 0 Å². The molecule has 5 rings (SSSR count). The normalized spacial score (nSPS) is 13.6. The largest absolute Gasteiger partial charge is 0.497 e. The molecule has 0 unspecified atom stereocenters. The number of nitrogens with zero attached hydrogens (tertiary/aromatic N) is 1. The van der Waals surface area contributed by atoms with Crippen molar-refractivity contribution in [3.05, 3.63) is 94.3 Å². The predicted molar refractivity (Wildman–Crippen MR) is 121 cm³/mol. The minimum absolute atomic E-state index is 0.0226. The molecule has 0 fully saturated rings. The Morgan fingerprint density at radius 1 is 1.00 bits per heavy atom. The Balaban J connectivity index is 1.40. The van der Waals surface area contributed by atoms with E-state index in [1.807, 2.05) is 48.5 Å². The van der Waals surface area contributed by atoms with Gasteiger partial charge in [-0.05, 0) is 41.8 Å². The molecular formula is C26H23NO4. The summed E-state index contributed by atoms with van der Waals surface area (Å²) < 4.78 is 17.2. The van der Waals surface area contributed by atoms with Crippen molar-refractivity contribution in [2.75, 3.05) is 20.4 Å². The summed E-state index contributed by atoms with van der Waals surface area (Å²) in [5, 5.41) is 0.584. The highest BCUT2D eigenvalue weighted by molar-refractivity contribution is 5.85. The molecule has 0 aliphatic carbocycles. The van der Waals surface area contributed by atoms with E-state index in [1.165, 1.54) is 5.56 Å². The SMILES string of the molecule is COc1ccc(CCN2COc3ccc4c(=O)c(-c5ccccc5)coc4c3C2)cc1. The van der Waals surface area contributed by atoms with Crippen molar-refractivity contribution in [1.29, 1.82) is 0 Å². The number of benzene rings is 3. The van der Waals surface area contributed by atoms with Crippen LogP contribution in [-0.2, 0) is 13.0 Å². The van der Waals surface area contributed by atoms with Gasteiger partial charge in [-0.25, -0.2) is 0 Å². The monoisotopic (exact) mass is 413 g/mol. The van der Waals surface area contributed by atoms with Gasteiger partial charge in [-0.3, -0.25) is 9.69 Å². The molecule has 0 bridgehead atoms. The Labute approximate surface area is 180 Å². The van der Waals surface area contributed by atoms with E-state index in [4.69, 9.17) is 13.9 Å². The van der Waals surface area contributed by atoms with Gasteiger partial charge in [-0.15, -0.1) is 0 Å². The van der Waals surface area contributed by atoms with E-state index in [0.29, 0.717) is 29.8 Å². The molecule has 1 aliphatic rings. The number of hydrogen-bond donors (Lipinski definition) is 0. The van der Waals surface area contributed by atoms with Crippen molar-refractivity contribution >= 4 is 11.0 Å². The lowest BCUT2D eigenvalue weighted by atomic mass is 10.0. The van der Waals surface area contributed by atoms with Gasteiger partial charge in [0.25, 0.3) is 0 Å². The smallest absolute Gasteiger partial charge is 0.200 e. The fourth-order valence-electron chi connectivity index (χ4n) is 3.99. The van der Waals surface area contributed by atoms with Crippen LogP contribution < -0.4 is 14.9 Å². The molecule has 0 amide bonds. The Morgan fingerprint density at radius 3 is 2.58 bits per heavy atom. The van der Waals surface area contributed by atoms with Gasteiger partial charge in [0.1, 0.15) is 30.1 Å². The minimum atomic E-state index is -0.0226. The molecule has 1 aliphatic heterocycles. The Bertz CT molecular complexity index is 1260. The summed E-state index contributed by atoms with van der Waals surface area (Å²) in [7, 11) is 1.67. The van der Waals surface area contributed by atoms with E-state index in [9.17, 15) is 4.79 Å². The molecule has 0 spiro atoms. The predicted octanol–water partition coefficient (Wildman–Crippen LogP) is 4.86. The summed E-state index contributed by atoms with van der Waals surface area (Å²) in [4.78, 5) is 15.4. The van der Waals surface area contributed by atoms with Crippen molar-refractivity contribution in [1.82, 2.24) is 4.90 Å². The second kappa shape index (κ2) is 8.28. The second-order valence-electron chi connectivity index (χ2n) is 7.69. The average Bonchev–Trinajstić information content (AvgIpc) is 2.83. The number of fused-ring (bicyclic) bond motifs is 3. The highest BCUT2D eigenvalue weighted by Crippen LogP contribution is 2.32. The standard InChI is InChI=1S/C26H23NO4/c1-29-20-9-7-18(8-10-20)13-14-27-15-22-24(31-17-27)12-11-21-25(28)23(16-30-26(21)22)19-5-3-2-4-6-19/h2-12,16H,13-15,17H2,1H3. The molecule has 4 aromatic rings. The first kappa shape index (κ1) is 19.4. The molecule has 5 heteroatoms. The Hall–Kier alpha value is -3.57. The lowest BCUT2D eigenvalue weighted by molar-refractivity contribution is 0.0968. The van der Waals surface area contributed by atoms with Crippen LogP contribution in [0.1, 0.15) is 11.1 Å². The van der Waals surface area contributed by atoms with E-state index >= 15 is 0 Å². The molecule has 0 saturated heterocycles. The Morgan fingerprint density at radius 2 is 1.81 bits per heavy atom. The zero-order valence-electron chi connectivity index (χ0n) is 17.3. The molecule has 0 N–H and O–H groups in total. The molecule has 5 nitrogen and oxygen atoms in total. The summed E-state index contributed by atoms with van der Waals surface area (Å²) in [5.74, 6) is 1.64. The van der Waals surface area contributed by atoms with Gasteiger partial charge in [0.15, 0.2) is 0 Å². The van der Waals surface area contributed by atoms with E-state index in [1.54, 1.807) is 19.4 Å². The first-order valence-electron chi connectivity index (χ1n) is 10.3. The average molecular weight is 413 g/mol. The second-order valence-corrected chi connectivity index (χ2v) is 7.69. The molecule has 2 heterocycles. The third-order valence-corrected chi connectivity index (χ3v) is 5.75. The van der Waals surface area contributed by atoms with Gasteiger partial charge >= 0.3 is 0 Å². The fraction of sp³-hybridized carbons (Fsp3) is 0.192. The van der Waals surface area contributed by atoms with Crippen LogP contribution in [0.15, 0.2) is 82.2 Å². The summed E-state index contributed by atoms with van der Waals surface area (Å²) >= 11 is 0. The zero-order chi connectivity index (χ0) is 21.2. The highest BCUT2D eigenvalue weighted by atomic mass is 16.5. The van der Waals surface area contributed by atoms with Crippen LogP contribution in [-0.4, -0.2) is 25.3 Å². The summed E-state index contributed by atoms with van der Waals surface area (Å²) in [6.45, 7) is 2.03. The molecule has 0 atom stereocenters. The van der Waals surface area contributed by atoms with Gasteiger partial charge in [-0.1, -0.05) is 42.5 Å². The number of methoxy groups -OCH3 is 1. The maximum absolute atomic E-state index is 13.1. The summed E-state index contributed by atoms with van der Waals surface area (Å²) in [6, 6.07) is 21.4. The first-order valence-corrected chi connectivity index (χ1v) is 10.3. The van der Waals surface area contributed by atoms with Crippen LogP contribution in [0.5, 0.6) is 11.5 Å². The van der Waals surface area contributed by atoms with E-state index < -0.39 is 0 Å². The fourth-order valence-corrected chi connectivity index (χ4v) is 3.99. The van der Waals surface area contributed by atoms with Gasteiger partial charge in [0.05, 0.1) is 23.6 Å². The van der Waals surface area contributed by atoms with Gasteiger partial charge in [0, 0.05) is 13.1 Å².